The van der Waals surface area contributed by atoms with Crippen LogP contribution in [0.25, 0.3) is 10.1 Å². The van der Waals surface area contributed by atoms with Crippen LogP contribution in [0.2, 0.25) is 5.02 Å². The van der Waals surface area contributed by atoms with E-state index in [2.05, 4.69) is 15.9 Å². The van der Waals surface area contributed by atoms with Crippen LogP contribution in [0.3, 0.4) is 0 Å². The van der Waals surface area contributed by atoms with Crippen molar-refractivity contribution in [2.45, 2.75) is 5.88 Å². The molecule has 0 aliphatic carbocycles. The number of alkyl halides is 1. The molecule has 0 nitrogen and oxygen atoms in total. The molecular formula is C9H5BrCl2S. The van der Waals surface area contributed by atoms with E-state index in [9.17, 15) is 0 Å². The van der Waals surface area contributed by atoms with E-state index in [-0.39, 0.29) is 0 Å². The SMILES string of the molecule is ClCc1c(Br)c(Cl)cc2ccsc12. The molecule has 1 aromatic carbocycles. The quantitative estimate of drug-likeness (QED) is 0.645. The predicted octanol–water partition coefficient (Wildman–Crippen LogP) is 5.06. The Morgan fingerprint density at radius 1 is 1.46 bits per heavy atom. The number of thiophene rings is 1. The number of hydrogen-bond acceptors (Lipinski definition) is 1. The van der Waals surface area contributed by atoms with E-state index in [1.54, 1.807) is 11.3 Å². The van der Waals surface area contributed by atoms with Crippen LogP contribution in [-0.4, -0.2) is 0 Å². The van der Waals surface area contributed by atoms with Gasteiger partial charge in [0, 0.05) is 20.6 Å². The summed E-state index contributed by atoms with van der Waals surface area (Å²) in [6.07, 6.45) is 0. The van der Waals surface area contributed by atoms with Crippen molar-refractivity contribution in [1.82, 2.24) is 0 Å². The number of rotatable bonds is 1. The summed E-state index contributed by atoms with van der Waals surface area (Å²) in [5, 5.41) is 3.93. The van der Waals surface area contributed by atoms with Crippen LogP contribution in [0.1, 0.15) is 5.56 Å². The van der Waals surface area contributed by atoms with Crippen LogP contribution in [0.5, 0.6) is 0 Å². The zero-order valence-corrected chi connectivity index (χ0v) is 10.4. The van der Waals surface area contributed by atoms with E-state index in [0.717, 1.165) is 20.4 Å². The Balaban J connectivity index is 2.87. The van der Waals surface area contributed by atoms with E-state index in [4.69, 9.17) is 23.2 Å². The highest BCUT2D eigenvalue weighted by Gasteiger charge is 2.09. The molecule has 0 spiro atoms. The zero-order valence-electron chi connectivity index (χ0n) is 6.48. The van der Waals surface area contributed by atoms with Crippen LogP contribution in [-0.2, 0) is 5.88 Å². The van der Waals surface area contributed by atoms with Crippen molar-refractivity contribution < 1.29 is 0 Å². The summed E-state index contributed by atoms with van der Waals surface area (Å²) in [7, 11) is 0. The molecule has 0 saturated carbocycles. The third-order valence-electron chi connectivity index (χ3n) is 1.86. The van der Waals surface area contributed by atoms with Gasteiger partial charge in [-0.25, -0.2) is 0 Å². The molecule has 0 saturated heterocycles. The average molecular weight is 296 g/mol. The van der Waals surface area contributed by atoms with Gasteiger partial charge in [-0.2, -0.15) is 0 Å². The fourth-order valence-corrected chi connectivity index (χ4v) is 3.50. The van der Waals surface area contributed by atoms with Crippen molar-refractivity contribution in [3.8, 4) is 0 Å². The van der Waals surface area contributed by atoms with Crippen molar-refractivity contribution in [3.63, 3.8) is 0 Å². The fraction of sp³-hybridized carbons (Fsp3) is 0.111. The number of fused-ring (bicyclic) bond motifs is 1. The molecule has 1 aromatic heterocycles. The molecule has 2 aromatic rings. The van der Waals surface area contributed by atoms with E-state index < -0.39 is 0 Å². The molecule has 0 N–H and O–H groups in total. The van der Waals surface area contributed by atoms with Crippen molar-refractivity contribution >= 4 is 60.6 Å². The second-order valence-corrected chi connectivity index (χ2v) is 5.01. The molecule has 0 aliphatic heterocycles. The maximum atomic E-state index is 6.03. The summed E-state index contributed by atoms with van der Waals surface area (Å²) in [6, 6.07) is 4.00. The first-order valence-corrected chi connectivity index (χ1v) is 6.22. The Morgan fingerprint density at radius 3 is 2.92 bits per heavy atom. The third kappa shape index (κ3) is 1.61. The Labute approximate surface area is 98.6 Å². The summed E-state index contributed by atoms with van der Waals surface area (Å²) in [4.78, 5) is 0. The summed E-state index contributed by atoms with van der Waals surface area (Å²) in [6.45, 7) is 0. The lowest BCUT2D eigenvalue weighted by Gasteiger charge is -2.04. The van der Waals surface area contributed by atoms with Crippen molar-refractivity contribution in [2.75, 3.05) is 0 Å². The van der Waals surface area contributed by atoms with Gasteiger partial charge in [-0.3, -0.25) is 0 Å². The Bertz CT molecular complexity index is 450. The van der Waals surface area contributed by atoms with Gasteiger partial charge in [0.15, 0.2) is 0 Å². The molecule has 0 amide bonds. The third-order valence-corrected chi connectivity index (χ3v) is 4.55. The minimum absolute atomic E-state index is 0.484. The molecule has 1 heterocycles. The van der Waals surface area contributed by atoms with Gasteiger partial charge >= 0.3 is 0 Å². The molecule has 0 fully saturated rings. The summed E-state index contributed by atoms with van der Waals surface area (Å²) in [5.74, 6) is 0.484. The van der Waals surface area contributed by atoms with Gasteiger partial charge in [0.25, 0.3) is 0 Å². The van der Waals surface area contributed by atoms with Crippen molar-refractivity contribution in [1.29, 1.82) is 0 Å². The van der Waals surface area contributed by atoms with E-state index in [0.29, 0.717) is 5.88 Å². The topological polar surface area (TPSA) is 0 Å². The standard InChI is InChI=1S/C9H5BrCl2S/c10-8-6(4-11)9-5(1-2-13-9)3-7(8)12/h1-3H,4H2. The van der Waals surface area contributed by atoms with Crippen molar-refractivity contribution in [3.05, 3.63) is 32.6 Å². The first kappa shape index (κ1) is 9.78. The number of benzene rings is 1. The minimum atomic E-state index is 0.484. The average Bonchev–Trinajstić information content (AvgIpc) is 2.54. The van der Waals surface area contributed by atoms with Gasteiger partial charge in [-0.05, 0) is 38.8 Å². The second kappa shape index (κ2) is 3.77. The maximum absolute atomic E-state index is 6.03. The summed E-state index contributed by atoms with van der Waals surface area (Å²) in [5.41, 5.74) is 1.08. The minimum Gasteiger partial charge on any atom is -0.143 e. The number of hydrogen-bond donors (Lipinski definition) is 0. The molecule has 0 radical (unpaired) electrons. The summed E-state index contributed by atoms with van der Waals surface area (Å²) >= 11 is 17.0. The van der Waals surface area contributed by atoms with Gasteiger partial charge < -0.3 is 0 Å². The maximum Gasteiger partial charge on any atom is 0.0558 e. The molecule has 0 aliphatic rings. The smallest absolute Gasteiger partial charge is 0.0558 e. The Hall–Kier alpha value is 0.240. The zero-order chi connectivity index (χ0) is 9.42. The highest BCUT2D eigenvalue weighted by atomic mass is 79.9. The van der Waals surface area contributed by atoms with E-state index in [1.807, 2.05) is 17.5 Å². The van der Waals surface area contributed by atoms with Crippen molar-refractivity contribution in [2.24, 2.45) is 0 Å². The molecule has 0 unspecified atom stereocenters. The van der Waals surface area contributed by atoms with Crippen LogP contribution in [0, 0.1) is 0 Å². The molecule has 0 bridgehead atoms. The highest BCUT2D eigenvalue weighted by Crippen LogP contribution is 2.36. The molecule has 0 atom stereocenters. The lowest BCUT2D eigenvalue weighted by atomic mass is 10.2. The predicted molar refractivity (Wildman–Crippen MR) is 64.1 cm³/mol. The fourth-order valence-electron chi connectivity index (χ4n) is 1.24. The normalized spacial score (nSPS) is 11.0. The first-order valence-electron chi connectivity index (χ1n) is 3.64. The Morgan fingerprint density at radius 2 is 2.23 bits per heavy atom. The van der Waals surface area contributed by atoms with Crippen LogP contribution >= 0.6 is 50.5 Å². The molecule has 68 valence electrons. The lowest BCUT2D eigenvalue weighted by Crippen LogP contribution is -1.82. The lowest BCUT2D eigenvalue weighted by molar-refractivity contribution is 1.43. The Kier molecular flexibility index (Phi) is 2.84. The van der Waals surface area contributed by atoms with Gasteiger partial charge in [-0.15, -0.1) is 22.9 Å². The van der Waals surface area contributed by atoms with Gasteiger partial charge in [0.05, 0.1) is 5.02 Å². The van der Waals surface area contributed by atoms with Crippen LogP contribution < -0.4 is 0 Å². The largest absolute Gasteiger partial charge is 0.143 e. The van der Waals surface area contributed by atoms with Gasteiger partial charge in [0.1, 0.15) is 0 Å². The first-order chi connectivity index (χ1) is 6.24. The monoisotopic (exact) mass is 294 g/mol. The van der Waals surface area contributed by atoms with E-state index in [1.165, 1.54) is 4.70 Å². The number of halogens is 3. The molecule has 4 heteroatoms. The summed E-state index contributed by atoms with van der Waals surface area (Å²) < 4.78 is 2.13. The van der Waals surface area contributed by atoms with E-state index >= 15 is 0 Å². The molecule has 2 rings (SSSR count). The van der Waals surface area contributed by atoms with Gasteiger partial charge in [0.2, 0.25) is 0 Å². The van der Waals surface area contributed by atoms with Crippen LogP contribution in [0.15, 0.2) is 22.0 Å². The highest BCUT2D eigenvalue weighted by molar-refractivity contribution is 9.10. The van der Waals surface area contributed by atoms with Crippen LogP contribution in [0.4, 0.5) is 0 Å². The van der Waals surface area contributed by atoms with Gasteiger partial charge in [-0.1, -0.05) is 11.6 Å². The second-order valence-electron chi connectivity index (χ2n) is 2.62. The molecular weight excluding hydrogens is 291 g/mol. The molecule has 13 heavy (non-hydrogen) atoms.